The van der Waals surface area contributed by atoms with Crippen molar-refractivity contribution in [3.05, 3.63) is 60.2 Å². The summed E-state index contributed by atoms with van der Waals surface area (Å²) in [4.78, 5) is 38.5. The largest absolute Gasteiger partial charge is 0.462 e. The SMILES string of the molecule is CCCCCOC(=O)c1ccc(NC(=O)[C@@H]2CC(=O)N(c3ccccc3)C2)cc1. The van der Waals surface area contributed by atoms with Crippen LogP contribution in [0.15, 0.2) is 54.6 Å². The van der Waals surface area contributed by atoms with Crippen molar-refractivity contribution in [2.45, 2.75) is 32.6 Å². The number of hydrogen-bond acceptors (Lipinski definition) is 4. The molecule has 0 aromatic heterocycles. The number of para-hydroxylation sites is 1. The molecule has 1 N–H and O–H groups in total. The first-order valence-corrected chi connectivity index (χ1v) is 10.0. The number of unbranched alkanes of at least 4 members (excludes halogenated alkanes) is 2. The molecule has 1 fully saturated rings. The zero-order valence-electron chi connectivity index (χ0n) is 16.6. The van der Waals surface area contributed by atoms with Crippen molar-refractivity contribution < 1.29 is 19.1 Å². The van der Waals surface area contributed by atoms with Crippen LogP contribution in [0.25, 0.3) is 0 Å². The fourth-order valence-electron chi connectivity index (χ4n) is 3.27. The summed E-state index contributed by atoms with van der Waals surface area (Å²) < 4.78 is 5.23. The van der Waals surface area contributed by atoms with Crippen LogP contribution in [0.3, 0.4) is 0 Å². The Morgan fingerprint density at radius 3 is 2.48 bits per heavy atom. The van der Waals surface area contributed by atoms with Gasteiger partial charge in [0, 0.05) is 24.3 Å². The minimum atomic E-state index is -0.411. The molecule has 1 saturated heterocycles. The van der Waals surface area contributed by atoms with E-state index in [0.717, 1.165) is 24.9 Å². The van der Waals surface area contributed by atoms with Crippen LogP contribution >= 0.6 is 0 Å². The summed E-state index contributed by atoms with van der Waals surface area (Å²) >= 11 is 0. The minimum Gasteiger partial charge on any atom is -0.462 e. The second-order valence-electron chi connectivity index (χ2n) is 7.15. The summed E-state index contributed by atoms with van der Waals surface area (Å²) in [5.74, 6) is -1.03. The number of nitrogens with one attached hydrogen (secondary N) is 1. The van der Waals surface area contributed by atoms with Gasteiger partial charge in [0.25, 0.3) is 0 Å². The summed E-state index contributed by atoms with van der Waals surface area (Å²) in [5, 5.41) is 2.83. The Hall–Kier alpha value is -3.15. The summed E-state index contributed by atoms with van der Waals surface area (Å²) in [5.41, 5.74) is 1.84. The number of anilines is 2. The average molecular weight is 394 g/mol. The zero-order valence-corrected chi connectivity index (χ0v) is 16.6. The van der Waals surface area contributed by atoms with Crippen molar-refractivity contribution in [3.8, 4) is 0 Å². The highest BCUT2D eigenvalue weighted by Crippen LogP contribution is 2.25. The van der Waals surface area contributed by atoms with Crippen LogP contribution in [-0.4, -0.2) is 30.9 Å². The van der Waals surface area contributed by atoms with E-state index < -0.39 is 5.92 Å². The second kappa shape index (κ2) is 9.87. The van der Waals surface area contributed by atoms with Crippen LogP contribution in [0.4, 0.5) is 11.4 Å². The number of benzene rings is 2. The number of ether oxygens (including phenoxy) is 1. The van der Waals surface area contributed by atoms with E-state index >= 15 is 0 Å². The monoisotopic (exact) mass is 394 g/mol. The quantitative estimate of drug-likeness (QED) is 0.542. The molecule has 2 aromatic carbocycles. The summed E-state index contributed by atoms with van der Waals surface area (Å²) in [6.45, 7) is 2.87. The Bertz CT molecular complexity index is 849. The molecule has 0 aliphatic carbocycles. The topological polar surface area (TPSA) is 75.7 Å². The van der Waals surface area contributed by atoms with Gasteiger partial charge >= 0.3 is 5.97 Å². The Kier molecular flexibility index (Phi) is 7.00. The van der Waals surface area contributed by atoms with E-state index in [1.54, 1.807) is 29.2 Å². The summed E-state index contributed by atoms with van der Waals surface area (Å²) in [7, 11) is 0. The van der Waals surface area contributed by atoms with Crippen LogP contribution in [-0.2, 0) is 14.3 Å². The smallest absolute Gasteiger partial charge is 0.338 e. The Morgan fingerprint density at radius 1 is 1.07 bits per heavy atom. The van der Waals surface area contributed by atoms with Gasteiger partial charge in [0.1, 0.15) is 0 Å². The van der Waals surface area contributed by atoms with Crippen LogP contribution < -0.4 is 10.2 Å². The molecule has 1 aliphatic heterocycles. The van der Waals surface area contributed by atoms with Crippen molar-refractivity contribution in [2.24, 2.45) is 5.92 Å². The molecule has 2 amide bonds. The molecule has 0 saturated carbocycles. The molecule has 6 nitrogen and oxygen atoms in total. The number of rotatable bonds is 8. The van der Waals surface area contributed by atoms with E-state index in [1.807, 2.05) is 30.3 Å². The molecule has 1 aliphatic rings. The van der Waals surface area contributed by atoms with Crippen LogP contribution in [0.1, 0.15) is 43.0 Å². The van der Waals surface area contributed by atoms with Gasteiger partial charge in [0.2, 0.25) is 11.8 Å². The van der Waals surface area contributed by atoms with Crippen molar-refractivity contribution in [1.82, 2.24) is 0 Å². The van der Waals surface area contributed by atoms with Crippen molar-refractivity contribution in [2.75, 3.05) is 23.4 Å². The Balaban J connectivity index is 1.53. The third kappa shape index (κ3) is 5.44. The lowest BCUT2D eigenvalue weighted by Gasteiger charge is -2.16. The van der Waals surface area contributed by atoms with Gasteiger partial charge in [-0.3, -0.25) is 9.59 Å². The highest BCUT2D eigenvalue weighted by atomic mass is 16.5. The van der Waals surface area contributed by atoms with Crippen molar-refractivity contribution in [1.29, 1.82) is 0 Å². The normalized spacial score (nSPS) is 16.0. The second-order valence-corrected chi connectivity index (χ2v) is 7.15. The number of carbonyl (C=O) groups excluding carboxylic acids is 3. The molecule has 3 rings (SSSR count). The molecule has 0 unspecified atom stereocenters. The van der Waals surface area contributed by atoms with Crippen LogP contribution in [0.5, 0.6) is 0 Å². The maximum absolute atomic E-state index is 12.6. The van der Waals surface area contributed by atoms with E-state index in [2.05, 4.69) is 12.2 Å². The fourth-order valence-corrected chi connectivity index (χ4v) is 3.27. The van der Waals surface area contributed by atoms with E-state index in [4.69, 9.17) is 4.74 Å². The van der Waals surface area contributed by atoms with Gasteiger partial charge in [-0.05, 0) is 42.8 Å². The van der Waals surface area contributed by atoms with Gasteiger partial charge in [-0.1, -0.05) is 38.0 Å². The van der Waals surface area contributed by atoms with Crippen molar-refractivity contribution in [3.63, 3.8) is 0 Å². The van der Waals surface area contributed by atoms with Crippen LogP contribution in [0, 0.1) is 5.92 Å². The summed E-state index contributed by atoms with van der Waals surface area (Å²) in [6.07, 6.45) is 3.14. The van der Waals surface area contributed by atoms with Gasteiger partial charge < -0.3 is 15.0 Å². The van der Waals surface area contributed by atoms with Gasteiger partial charge in [0.15, 0.2) is 0 Å². The Labute approximate surface area is 170 Å². The fraction of sp³-hybridized carbons (Fsp3) is 0.348. The van der Waals surface area contributed by atoms with Gasteiger partial charge in [-0.25, -0.2) is 4.79 Å². The maximum Gasteiger partial charge on any atom is 0.338 e. The minimum absolute atomic E-state index is 0.0579. The molecule has 0 bridgehead atoms. The number of esters is 1. The van der Waals surface area contributed by atoms with Crippen LogP contribution in [0.2, 0.25) is 0 Å². The molecular formula is C23H26N2O4. The zero-order chi connectivity index (χ0) is 20.6. The first-order valence-electron chi connectivity index (χ1n) is 10.0. The molecule has 6 heteroatoms. The molecule has 0 spiro atoms. The third-order valence-corrected chi connectivity index (χ3v) is 4.93. The van der Waals surface area contributed by atoms with Gasteiger partial charge in [-0.2, -0.15) is 0 Å². The number of amides is 2. The number of nitrogens with zero attached hydrogens (tertiary/aromatic N) is 1. The van der Waals surface area contributed by atoms with Crippen molar-refractivity contribution >= 4 is 29.2 Å². The third-order valence-electron chi connectivity index (χ3n) is 4.93. The van der Waals surface area contributed by atoms with Gasteiger partial charge in [-0.15, -0.1) is 0 Å². The lowest BCUT2D eigenvalue weighted by Crippen LogP contribution is -2.28. The molecule has 1 atom stereocenters. The Morgan fingerprint density at radius 2 is 1.79 bits per heavy atom. The van der Waals surface area contributed by atoms with Gasteiger partial charge in [0.05, 0.1) is 18.1 Å². The summed E-state index contributed by atoms with van der Waals surface area (Å²) in [6, 6.07) is 16.0. The molecule has 2 aromatic rings. The van der Waals surface area contributed by atoms with E-state index in [1.165, 1.54) is 0 Å². The maximum atomic E-state index is 12.6. The van der Waals surface area contributed by atoms with E-state index in [9.17, 15) is 14.4 Å². The standard InChI is InChI=1S/C23H26N2O4/c1-2-3-7-14-29-23(28)17-10-12-19(13-11-17)24-22(27)18-15-21(26)25(16-18)20-8-5-4-6-9-20/h4-6,8-13,18H,2-3,7,14-16H2,1H3,(H,24,27)/t18-/m1/s1. The molecule has 29 heavy (non-hydrogen) atoms. The highest BCUT2D eigenvalue weighted by Gasteiger charge is 2.35. The first kappa shape index (κ1) is 20.6. The molecule has 152 valence electrons. The molecular weight excluding hydrogens is 368 g/mol. The average Bonchev–Trinajstić information content (AvgIpc) is 3.14. The molecule has 0 radical (unpaired) electrons. The molecule has 1 heterocycles. The number of carbonyl (C=O) groups is 3. The van der Waals surface area contributed by atoms with E-state index in [0.29, 0.717) is 24.4 Å². The predicted molar refractivity (Wildman–Crippen MR) is 112 cm³/mol. The highest BCUT2D eigenvalue weighted by molar-refractivity contribution is 6.03. The number of hydrogen-bond donors (Lipinski definition) is 1. The van der Waals surface area contributed by atoms with E-state index in [-0.39, 0.29) is 24.2 Å². The predicted octanol–water partition coefficient (Wildman–Crippen LogP) is 4.03. The lowest BCUT2D eigenvalue weighted by molar-refractivity contribution is -0.122. The lowest BCUT2D eigenvalue weighted by atomic mass is 10.1. The first-order chi connectivity index (χ1) is 14.1.